The topological polar surface area (TPSA) is 55.0 Å². The van der Waals surface area contributed by atoms with Gasteiger partial charge in [0.1, 0.15) is 5.82 Å². The summed E-state index contributed by atoms with van der Waals surface area (Å²) in [6, 6.07) is 7.93. The van der Waals surface area contributed by atoms with E-state index in [-0.39, 0.29) is 5.82 Å². The van der Waals surface area contributed by atoms with Crippen LogP contribution in [-0.2, 0) is 0 Å². The first kappa shape index (κ1) is 12.8. The highest BCUT2D eigenvalue weighted by molar-refractivity contribution is 5.53. The summed E-state index contributed by atoms with van der Waals surface area (Å²) < 4.78 is 12.8. The summed E-state index contributed by atoms with van der Waals surface area (Å²) in [4.78, 5) is 10.5. The molecule has 2 aromatic rings. The number of nitrogens with zero attached hydrogens (tertiary/aromatic N) is 3. The first-order valence-corrected chi connectivity index (χ1v) is 6.80. The quantitative estimate of drug-likeness (QED) is 0.854. The molecule has 20 heavy (non-hydrogen) atoms. The van der Waals surface area contributed by atoms with Crippen molar-refractivity contribution in [2.75, 3.05) is 23.7 Å². The molecule has 1 aliphatic heterocycles. The van der Waals surface area contributed by atoms with Crippen molar-refractivity contribution in [1.29, 1.82) is 0 Å². The molecule has 0 spiro atoms. The van der Waals surface area contributed by atoms with Crippen LogP contribution in [0.1, 0.15) is 24.6 Å². The summed E-state index contributed by atoms with van der Waals surface area (Å²) >= 11 is 0. The number of rotatable bonds is 2. The van der Waals surface area contributed by atoms with Gasteiger partial charge >= 0.3 is 0 Å². The highest BCUT2D eigenvalue weighted by Gasteiger charge is 2.22. The normalized spacial score (nSPS) is 16.4. The highest BCUT2D eigenvalue weighted by Crippen LogP contribution is 2.28. The molecular weight excluding hydrogens is 255 g/mol. The molecule has 1 saturated heterocycles. The van der Waals surface area contributed by atoms with Gasteiger partial charge in [0.2, 0.25) is 0 Å². The zero-order valence-electron chi connectivity index (χ0n) is 11.2. The molecule has 0 aliphatic carbocycles. The monoisotopic (exact) mass is 272 g/mol. The lowest BCUT2D eigenvalue weighted by Crippen LogP contribution is -2.33. The predicted molar refractivity (Wildman–Crippen MR) is 77.0 cm³/mol. The van der Waals surface area contributed by atoms with Crippen LogP contribution in [0.25, 0.3) is 0 Å². The average Bonchev–Trinajstić information content (AvgIpc) is 2.49. The Morgan fingerprint density at radius 2 is 1.65 bits per heavy atom. The lowest BCUT2D eigenvalue weighted by atomic mass is 9.95. The van der Waals surface area contributed by atoms with Crippen molar-refractivity contribution in [3.05, 3.63) is 48.3 Å². The smallest absolute Gasteiger partial charge is 0.159 e. The standard InChI is InChI=1S/C15H17FN4/c16-12-9-18-15(19-10-12)11-5-7-20(8-6-11)14-3-1-13(17)2-4-14/h1-4,9-11H,5-8,17H2. The Balaban J connectivity index is 1.64. The van der Waals surface area contributed by atoms with Gasteiger partial charge < -0.3 is 10.6 Å². The molecule has 1 fully saturated rings. The summed E-state index contributed by atoms with van der Waals surface area (Å²) in [6.07, 6.45) is 4.45. The van der Waals surface area contributed by atoms with Gasteiger partial charge in [-0.05, 0) is 37.1 Å². The first-order valence-electron chi connectivity index (χ1n) is 6.80. The van der Waals surface area contributed by atoms with E-state index in [0.29, 0.717) is 5.92 Å². The number of aromatic nitrogens is 2. The van der Waals surface area contributed by atoms with E-state index >= 15 is 0 Å². The molecule has 0 unspecified atom stereocenters. The largest absolute Gasteiger partial charge is 0.399 e. The Bertz CT molecular complexity index is 506. The first-order chi connectivity index (χ1) is 9.72. The zero-order chi connectivity index (χ0) is 13.9. The van der Waals surface area contributed by atoms with Crippen LogP contribution < -0.4 is 10.6 Å². The van der Waals surface area contributed by atoms with Crippen molar-refractivity contribution in [3.63, 3.8) is 0 Å². The van der Waals surface area contributed by atoms with Crippen LogP contribution in [-0.4, -0.2) is 23.1 Å². The van der Waals surface area contributed by atoms with E-state index < -0.39 is 0 Å². The summed E-state index contributed by atoms with van der Waals surface area (Å²) in [5.74, 6) is 0.692. The maximum absolute atomic E-state index is 12.8. The maximum atomic E-state index is 12.8. The molecule has 2 N–H and O–H groups in total. The average molecular weight is 272 g/mol. The molecule has 4 nitrogen and oxygen atoms in total. The maximum Gasteiger partial charge on any atom is 0.159 e. The molecule has 5 heteroatoms. The number of nitrogens with two attached hydrogens (primary N) is 1. The van der Waals surface area contributed by atoms with Gasteiger partial charge in [0.15, 0.2) is 5.82 Å². The van der Waals surface area contributed by atoms with E-state index in [4.69, 9.17) is 5.73 Å². The fourth-order valence-corrected chi connectivity index (χ4v) is 2.61. The molecule has 0 amide bonds. The van der Waals surface area contributed by atoms with E-state index in [0.717, 1.165) is 37.4 Å². The van der Waals surface area contributed by atoms with Crippen LogP contribution in [0.4, 0.5) is 15.8 Å². The van der Waals surface area contributed by atoms with E-state index in [1.807, 2.05) is 24.3 Å². The van der Waals surface area contributed by atoms with Crippen molar-refractivity contribution in [1.82, 2.24) is 9.97 Å². The zero-order valence-corrected chi connectivity index (χ0v) is 11.2. The van der Waals surface area contributed by atoms with Gasteiger partial charge in [-0.1, -0.05) is 0 Å². The number of anilines is 2. The van der Waals surface area contributed by atoms with Gasteiger partial charge in [0, 0.05) is 30.4 Å². The number of halogens is 1. The van der Waals surface area contributed by atoms with E-state index in [9.17, 15) is 4.39 Å². The summed E-state index contributed by atoms with van der Waals surface area (Å²) in [7, 11) is 0. The van der Waals surface area contributed by atoms with E-state index in [2.05, 4.69) is 14.9 Å². The van der Waals surface area contributed by atoms with Crippen molar-refractivity contribution >= 4 is 11.4 Å². The summed E-state index contributed by atoms with van der Waals surface area (Å²) in [6.45, 7) is 1.91. The second-order valence-electron chi connectivity index (χ2n) is 5.11. The van der Waals surface area contributed by atoms with Crippen molar-refractivity contribution in [3.8, 4) is 0 Å². The predicted octanol–water partition coefficient (Wildman–Crippen LogP) is 2.58. The third-order valence-corrected chi connectivity index (χ3v) is 3.76. The number of piperidine rings is 1. The Morgan fingerprint density at radius 3 is 2.25 bits per heavy atom. The summed E-state index contributed by atoms with van der Waals surface area (Å²) in [5, 5.41) is 0. The van der Waals surface area contributed by atoms with Gasteiger partial charge in [-0.3, -0.25) is 0 Å². The summed E-state index contributed by atoms with van der Waals surface area (Å²) in [5.41, 5.74) is 7.67. The Kier molecular flexibility index (Phi) is 3.50. The van der Waals surface area contributed by atoms with Crippen molar-refractivity contribution < 1.29 is 4.39 Å². The number of hydrogen-bond acceptors (Lipinski definition) is 4. The molecule has 1 aromatic carbocycles. The molecular formula is C15H17FN4. The fraction of sp³-hybridized carbons (Fsp3) is 0.333. The van der Waals surface area contributed by atoms with Crippen LogP contribution >= 0.6 is 0 Å². The van der Waals surface area contributed by atoms with Gasteiger partial charge in [-0.15, -0.1) is 0 Å². The van der Waals surface area contributed by atoms with Gasteiger partial charge in [0.25, 0.3) is 0 Å². The van der Waals surface area contributed by atoms with Crippen LogP contribution in [0.2, 0.25) is 0 Å². The van der Waals surface area contributed by atoms with E-state index in [1.54, 1.807) is 0 Å². The SMILES string of the molecule is Nc1ccc(N2CCC(c3ncc(F)cn3)CC2)cc1. The van der Waals surface area contributed by atoms with Crippen molar-refractivity contribution in [2.24, 2.45) is 0 Å². The number of nitrogen functional groups attached to an aromatic ring is 1. The van der Waals surface area contributed by atoms with Crippen molar-refractivity contribution in [2.45, 2.75) is 18.8 Å². The number of benzene rings is 1. The Labute approximate surface area is 117 Å². The van der Waals surface area contributed by atoms with Gasteiger partial charge in [0.05, 0.1) is 12.4 Å². The van der Waals surface area contributed by atoms with Crippen LogP contribution in [0.3, 0.4) is 0 Å². The van der Waals surface area contributed by atoms with Crippen LogP contribution in [0.15, 0.2) is 36.7 Å². The molecule has 1 aliphatic rings. The molecule has 0 bridgehead atoms. The highest BCUT2D eigenvalue weighted by atomic mass is 19.1. The fourth-order valence-electron chi connectivity index (χ4n) is 2.61. The van der Waals surface area contributed by atoms with Gasteiger partial charge in [-0.25, -0.2) is 14.4 Å². The molecule has 0 saturated carbocycles. The second kappa shape index (κ2) is 5.45. The lowest BCUT2D eigenvalue weighted by molar-refractivity contribution is 0.481. The van der Waals surface area contributed by atoms with E-state index in [1.165, 1.54) is 18.1 Å². The second-order valence-corrected chi connectivity index (χ2v) is 5.11. The minimum Gasteiger partial charge on any atom is -0.399 e. The van der Waals surface area contributed by atoms with Crippen LogP contribution in [0.5, 0.6) is 0 Å². The Hall–Kier alpha value is -2.17. The molecule has 0 radical (unpaired) electrons. The van der Waals surface area contributed by atoms with Crippen LogP contribution in [0, 0.1) is 5.82 Å². The minimum absolute atomic E-state index is 0.320. The number of hydrogen-bond donors (Lipinski definition) is 1. The molecule has 104 valence electrons. The Morgan fingerprint density at radius 1 is 1.05 bits per heavy atom. The third-order valence-electron chi connectivity index (χ3n) is 3.76. The lowest BCUT2D eigenvalue weighted by Gasteiger charge is -2.33. The molecule has 1 aromatic heterocycles. The molecule has 0 atom stereocenters. The third kappa shape index (κ3) is 2.71. The molecule has 3 rings (SSSR count). The minimum atomic E-state index is -0.381. The molecule has 2 heterocycles. The van der Waals surface area contributed by atoms with Gasteiger partial charge in [-0.2, -0.15) is 0 Å².